The maximum Gasteiger partial charge on any atom is 0.206 e. The first-order valence-electron chi connectivity index (χ1n) is 5.02. The van der Waals surface area contributed by atoms with Gasteiger partial charge < -0.3 is 15.9 Å². The number of halogens is 1. The molecule has 4 N–H and O–H groups in total. The quantitative estimate of drug-likeness (QED) is 0.696. The number of aromatic hydroxyl groups is 2. The molecule has 1 aromatic carbocycles. The van der Waals surface area contributed by atoms with Gasteiger partial charge in [-0.05, 0) is 18.9 Å². The first-order valence-corrected chi connectivity index (χ1v) is 5.02. The molecule has 1 fully saturated rings. The maximum atomic E-state index is 13.3. The molecular formula is C11H14FNO2. The summed E-state index contributed by atoms with van der Waals surface area (Å²) in [6.07, 6.45) is 2.77. The third kappa shape index (κ3) is 1.36. The Balaban J connectivity index is 2.49. The summed E-state index contributed by atoms with van der Waals surface area (Å²) in [6, 6.07) is 2.82. The van der Waals surface area contributed by atoms with E-state index in [-0.39, 0.29) is 5.41 Å². The Morgan fingerprint density at radius 2 is 2.00 bits per heavy atom. The Bertz CT molecular complexity index is 383. The highest BCUT2D eigenvalue weighted by Crippen LogP contribution is 2.47. The van der Waals surface area contributed by atoms with Crippen molar-refractivity contribution in [3.05, 3.63) is 23.5 Å². The average molecular weight is 211 g/mol. The normalized spacial score (nSPS) is 18.5. The molecule has 1 aliphatic rings. The molecule has 2 rings (SSSR count). The van der Waals surface area contributed by atoms with E-state index in [0.29, 0.717) is 12.1 Å². The van der Waals surface area contributed by atoms with Crippen molar-refractivity contribution in [3.8, 4) is 11.5 Å². The SMILES string of the molecule is NCC1(c2ccc(O)c(F)c2O)CCC1. The highest BCUT2D eigenvalue weighted by molar-refractivity contribution is 5.46. The van der Waals surface area contributed by atoms with Crippen molar-refractivity contribution >= 4 is 0 Å². The topological polar surface area (TPSA) is 66.5 Å². The molecule has 82 valence electrons. The molecule has 0 heterocycles. The predicted molar refractivity (Wildman–Crippen MR) is 54.3 cm³/mol. The van der Waals surface area contributed by atoms with E-state index in [1.54, 1.807) is 6.07 Å². The minimum atomic E-state index is -0.952. The Kier molecular flexibility index (Phi) is 2.31. The van der Waals surface area contributed by atoms with Crippen LogP contribution in [0.3, 0.4) is 0 Å². The Morgan fingerprint density at radius 1 is 1.33 bits per heavy atom. The van der Waals surface area contributed by atoms with Crippen LogP contribution >= 0.6 is 0 Å². The molecule has 0 aliphatic heterocycles. The summed E-state index contributed by atoms with van der Waals surface area (Å²) in [5.74, 6) is -1.94. The number of benzene rings is 1. The van der Waals surface area contributed by atoms with Gasteiger partial charge in [-0.1, -0.05) is 12.5 Å². The molecule has 0 atom stereocenters. The van der Waals surface area contributed by atoms with Crippen LogP contribution in [-0.2, 0) is 5.41 Å². The van der Waals surface area contributed by atoms with Gasteiger partial charge in [0.1, 0.15) is 0 Å². The molecule has 0 aromatic heterocycles. The Morgan fingerprint density at radius 3 is 2.47 bits per heavy atom. The van der Waals surface area contributed by atoms with Crippen molar-refractivity contribution in [1.82, 2.24) is 0 Å². The summed E-state index contributed by atoms with van der Waals surface area (Å²) in [5, 5.41) is 18.7. The zero-order valence-electron chi connectivity index (χ0n) is 8.33. The van der Waals surface area contributed by atoms with Crippen molar-refractivity contribution in [3.63, 3.8) is 0 Å². The van der Waals surface area contributed by atoms with Crippen LogP contribution in [-0.4, -0.2) is 16.8 Å². The fourth-order valence-electron chi connectivity index (χ4n) is 2.17. The highest BCUT2D eigenvalue weighted by Gasteiger charge is 2.40. The number of phenolic OH excluding ortho intramolecular Hbond substituents is 2. The molecule has 0 unspecified atom stereocenters. The van der Waals surface area contributed by atoms with Crippen LogP contribution in [0.4, 0.5) is 4.39 Å². The molecule has 0 amide bonds. The van der Waals surface area contributed by atoms with Crippen LogP contribution in [0.15, 0.2) is 12.1 Å². The van der Waals surface area contributed by atoms with E-state index >= 15 is 0 Å². The van der Waals surface area contributed by atoms with E-state index < -0.39 is 17.3 Å². The van der Waals surface area contributed by atoms with Crippen LogP contribution < -0.4 is 5.73 Å². The van der Waals surface area contributed by atoms with Gasteiger partial charge in [-0.3, -0.25) is 0 Å². The first-order chi connectivity index (χ1) is 7.10. The summed E-state index contributed by atoms with van der Waals surface area (Å²) < 4.78 is 13.3. The fraction of sp³-hybridized carbons (Fsp3) is 0.455. The number of nitrogens with two attached hydrogens (primary N) is 1. The lowest BCUT2D eigenvalue weighted by molar-refractivity contribution is 0.241. The third-order valence-electron chi connectivity index (χ3n) is 3.37. The van der Waals surface area contributed by atoms with Gasteiger partial charge >= 0.3 is 0 Å². The smallest absolute Gasteiger partial charge is 0.206 e. The minimum absolute atomic E-state index is 0.293. The molecule has 0 saturated heterocycles. The van der Waals surface area contributed by atoms with Crippen molar-refractivity contribution in [2.24, 2.45) is 5.73 Å². The number of rotatable bonds is 2. The molecule has 15 heavy (non-hydrogen) atoms. The van der Waals surface area contributed by atoms with Crippen LogP contribution in [0.2, 0.25) is 0 Å². The van der Waals surface area contributed by atoms with E-state index in [1.807, 2.05) is 0 Å². The fourth-order valence-corrected chi connectivity index (χ4v) is 2.17. The lowest BCUT2D eigenvalue weighted by Crippen LogP contribution is -2.41. The van der Waals surface area contributed by atoms with Gasteiger partial charge in [-0.15, -0.1) is 0 Å². The van der Waals surface area contributed by atoms with Crippen LogP contribution in [0.5, 0.6) is 11.5 Å². The van der Waals surface area contributed by atoms with Gasteiger partial charge in [0.15, 0.2) is 11.5 Å². The van der Waals surface area contributed by atoms with Gasteiger partial charge in [0.2, 0.25) is 5.82 Å². The third-order valence-corrected chi connectivity index (χ3v) is 3.37. The first kappa shape index (κ1) is 10.2. The van der Waals surface area contributed by atoms with Gasteiger partial charge in [0.25, 0.3) is 0 Å². The largest absolute Gasteiger partial charge is 0.505 e. The van der Waals surface area contributed by atoms with Gasteiger partial charge in [0.05, 0.1) is 0 Å². The lowest BCUT2D eigenvalue weighted by Gasteiger charge is -2.41. The van der Waals surface area contributed by atoms with Crippen LogP contribution in [0, 0.1) is 5.82 Å². The van der Waals surface area contributed by atoms with E-state index in [0.717, 1.165) is 19.3 Å². The highest BCUT2D eigenvalue weighted by atomic mass is 19.1. The monoisotopic (exact) mass is 211 g/mol. The number of hydrogen-bond acceptors (Lipinski definition) is 3. The Hall–Kier alpha value is -1.29. The van der Waals surface area contributed by atoms with Crippen LogP contribution in [0.25, 0.3) is 0 Å². The molecule has 0 spiro atoms. The Labute approximate surface area is 87.3 Å². The second-order valence-corrected chi connectivity index (χ2v) is 4.13. The molecule has 0 radical (unpaired) electrons. The van der Waals surface area contributed by atoms with E-state index in [1.165, 1.54) is 6.07 Å². The predicted octanol–water partition coefficient (Wildman–Crippen LogP) is 1.62. The summed E-state index contributed by atoms with van der Waals surface area (Å²) in [5.41, 5.74) is 5.89. The summed E-state index contributed by atoms with van der Waals surface area (Å²) in [6.45, 7) is 0.394. The average Bonchev–Trinajstić information content (AvgIpc) is 2.17. The van der Waals surface area contributed by atoms with Gasteiger partial charge in [-0.25, -0.2) is 0 Å². The maximum absolute atomic E-state index is 13.3. The van der Waals surface area contributed by atoms with E-state index in [2.05, 4.69) is 0 Å². The summed E-state index contributed by atoms with van der Waals surface area (Å²) in [7, 11) is 0. The zero-order valence-corrected chi connectivity index (χ0v) is 8.33. The number of phenols is 2. The van der Waals surface area contributed by atoms with Crippen molar-refractivity contribution in [2.45, 2.75) is 24.7 Å². The molecule has 4 heteroatoms. The molecule has 1 aromatic rings. The second-order valence-electron chi connectivity index (χ2n) is 4.13. The van der Waals surface area contributed by atoms with Gasteiger partial charge in [0, 0.05) is 17.5 Å². The van der Waals surface area contributed by atoms with Crippen molar-refractivity contribution in [1.29, 1.82) is 0 Å². The zero-order chi connectivity index (χ0) is 11.1. The molecule has 1 saturated carbocycles. The van der Waals surface area contributed by atoms with Crippen LogP contribution in [0.1, 0.15) is 24.8 Å². The molecular weight excluding hydrogens is 197 g/mol. The molecule has 1 aliphatic carbocycles. The second kappa shape index (κ2) is 3.38. The number of hydrogen-bond donors (Lipinski definition) is 3. The molecule has 3 nitrogen and oxygen atoms in total. The summed E-state index contributed by atoms with van der Waals surface area (Å²) >= 11 is 0. The van der Waals surface area contributed by atoms with E-state index in [4.69, 9.17) is 10.8 Å². The van der Waals surface area contributed by atoms with Gasteiger partial charge in [-0.2, -0.15) is 4.39 Å². The van der Waals surface area contributed by atoms with Crippen molar-refractivity contribution < 1.29 is 14.6 Å². The summed E-state index contributed by atoms with van der Waals surface area (Å²) in [4.78, 5) is 0. The standard InChI is InChI=1S/C11H14FNO2/c12-9-8(14)3-2-7(10(9)15)11(6-13)4-1-5-11/h2-3,14-15H,1,4-6,13H2. The van der Waals surface area contributed by atoms with Crippen molar-refractivity contribution in [2.75, 3.05) is 6.54 Å². The minimum Gasteiger partial charge on any atom is -0.505 e. The van der Waals surface area contributed by atoms with E-state index in [9.17, 15) is 9.50 Å². The molecule has 0 bridgehead atoms. The lowest BCUT2D eigenvalue weighted by atomic mass is 9.64.